The van der Waals surface area contributed by atoms with E-state index in [-0.39, 0.29) is 28.7 Å². The van der Waals surface area contributed by atoms with E-state index >= 15 is 0 Å². The van der Waals surface area contributed by atoms with E-state index in [1.165, 1.54) is 30.3 Å². The Hall–Kier alpha value is -3.04. The molecule has 0 saturated heterocycles. The lowest BCUT2D eigenvalue weighted by Gasteiger charge is -2.42. The molecule has 0 saturated carbocycles. The van der Waals surface area contributed by atoms with Crippen molar-refractivity contribution in [3.63, 3.8) is 0 Å². The number of carbonyl (C=O) groups excluding carboxylic acids is 1. The molecule has 0 spiro atoms. The number of halogens is 4. The minimum Gasteiger partial charge on any atom is -0.340 e. The van der Waals surface area contributed by atoms with Gasteiger partial charge in [-0.3, -0.25) is 4.79 Å². The first-order valence-electron chi connectivity index (χ1n) is 9.92. The lowest BCUT2D eigenvalue weighted by molar-refractivity contribution is -0.137. The van der Waals surface area contributed by atoms with Crippen LogP contribution in [0.15, 0.2) is 36.4 Å². The molecule has 0 atom stereocenters. The minimum absolute atomic E-state index is 0.00425. The second-order valence-corrected chi connectivity index (χ2v) is 8.38. The molecule has 1 amide bonds. The van der Waals surface area contributed by atoms with E-state index in [2.05, 4.69) is 10.3 Å². The van der Waals surface area contributed by atoms with Crippen LogP contribution in [0.4, 0.5) is 24.7 Å². The average molecular weight is 464 g/mol. The van der Waals surface area contributed by atoms with Crippen molar-refractivity contribution in [1.82, 2.24) is 14.5 Å². The van der Waals surface area contributed by atoms with Crippen molar-refractivity contribution >= 4 is 29.0 Å². The number of hydrogen-bond donors (Lipinski definition) is 2. The highest BCUT2D eigenvalue weighted by Crippen LogP contribution is 2.41. The van der Waals surface area contributed by atoms with E-state index in [4.69, 9.17) is 17.3 Å². The van der Waals surface area contributed by atoms with Gasteiger partial charge >= 0.3 is 0 Å². The van der Waals surface area contributed by atoms with Crippen LogP contribution in [0.3, 0.4) is 0 Å². The molecule has 6 nitrogen and oxygen atoms in total. The van der Waals surface area contributed by atoms with Crippen molar-refractivity contribution in [2.24, 2.45) is 5.73 Å². The second kappa shape index (κ2) is 8.14. The van der Waals surface area contributed by atoms with Gasteiger partial charge in [-0.05, 0) is 44.2 Å². The van der Waals surface area contributed by atoms with Crippen LogP contribution in [0.25, 0.3) is 11.3 Å². The normalized spacial score (nSPS) is 14.9. The largest absolute Gasteiger partial charge is 0.340 e. The summed E-state index contributed by atoms with van der Waals surface area (Å²) in [7, 11) is 0. The number of aromatic nitrogens is 2. The monoisotopic (exact) mass is 463 g/mol. The second-order valence-electron chi connectivity index (χ2n) is 7.97. The van der Waals surface area contributed by atoms with E-state index in [9.17, 15) is 18.0 Å². The Labute approximate surface area is 187 Å². The molecule has 1 aliphatic heterocycles. The number of amides is 1. The molecule has 0 unspecified atom stereocenters. The first-order chi connectivity index (χ1) is 15.1. The molecule has 168 valence electrons. The van der Waals surface area contributed by atoms with Crippen LogP contribution in [0, 0.1) is 17.5 Å². The number of fused-ring (bicyclic) bond motifs is 1. The Morgan fingerprint density at radius 2 is 1.84 bits per heavy atom. The van der Waals surface area contributed by atoms with Crippen molar-refractivity contribution < 1.29 is 18.0 Å². The van der Waals surface area contributed by atoms with Crippen LogP contribution in [0.2, 0.25) is 5.02 Å². The Morgan fingerprint density at radius 1 is 1.16 bits per heavy atom. The van der Waals surface area contributed by atoms with Crippen LogP contribution in [-0.2, 0) is 16.9 Å². The van der Waals surface area contributed by atoms with Crippen LogP contribution >= 0.6 is 11.6 Å². The maximum atomic E-state index is 14.8. The topological polar surface area (TPSA) is 76.2 Å². The quantitative estimate of drug-likeness (QED) is 0.562. The SMILES string of the molecule is CC1(C)c2nc(-c3cc(Cl)c(F)cc3F)c(Nc3ccc(F)cc3)n2CCN1C(=O)CN. The summed E-state index contributed by atoms with van der Waals surface area (Å²) in [6, 6.07) is 7.52. The molecule has 1 aromatic heterocycles. The van der Waals surface area contributed by atoms with Gasteiger partial charge < -0.3 is 20.5 Å². The highest BCUT2D eigenvalue weighted by molar-refractivity contribution is 6.31. The van der Waals surface area contributed by atoms with E-state index in [1.807, 2.05) is 18.4 Å². The molecule has 0 aliphatic carbocycles. The van der Waals surface area contributed by atoms with Crippen molar-refractivity contribution in [3.05, 3.63) is 64.7 Å². The summed E-state index contributed by atoms with van der Waals surface area (Å²) < 4.78 is 43.8. The van der Waals surface area contributed by atoms with Gasteiger partial charge in [-0.15, -0.1) is 0 Å². The van der Waals surface area contributed by atoms with Crippen molar-refractivity contribution in [2.45, 2.75) is 25.9 Å². The van der Waals surface area contributed by atoms with Crippen LogP contribution in [-0.4, -0.2) is 33.4 Å². The van der Waals surface area contributed by atoms with Gasteiger partial charge in [0.1, 0.15) is 34.8 Å². The Kier molecular flexibility index (Phi) is 5.64. The zero-order chi connectivity index (χ0) is 23.2. The summed E-state index contributed by atoms with van der Waals surface area (Å²) in [5.74, 6) is -1.46. The van der Waals surface area contributed by atoms with Gasteiger partial charge in [0, 0.05) is 30.4 Å². The maximum Gasteiger partial charge on any atom is 0.237 e. The number of benzene rings is 2. The Balaban J connectivity index is 1.91. The number of nitrogens with one attached hydrogen (secondary N) is 1. The van der Waals surface area contributed by atoms with Crippen molar-refractivity contribution in [1.29, 1.82) is 0 Å². The lowest BCUT2D eigenvalue weighted by atomic mass is 9.99. The zero-order valence-electron chi connectivity index (χ0n) is 17.4. The summed E-state index contributed by atoms with van der Waals surface area (Å²) in [5, 5.41) is 2.91. The molecule has 2 heterocycles. The van der Waals surface area contributed by atoms with Gasteiger partial charge in [0.15, 0.2) is 0 Å². The van der Waals surface area contributed by atoms with Gasteiger partial charge in [-0.25, -0.2) is 18.2 Å². The minimum atomic E-state index is -0.884. The first kappa shape index (κ1) is 22.2. The molecule has 0 bridgehead atoms. The molecule has 0 radical (unpaired) electrons. The fourth-order valence-electron chi connectivity index (χ4n) is 3.97. The van der Waals surface area contributed by atoms with Gasteiger partial charge in [0.25, 0.3) is 0 Å². The molecule has 10 heteroatoms. The summed E-state index contributed by atoms with van der Waals surface area (Å²) in [6.45, 7) is 4.20. The van der Waals surface area contributed by atoms with Gasteiger partial charge in [0.05, 0.1) is 17.1 Å². The molecular formula is C22H21ClF3N5O. The molecule has 3 aromatic rings. The van der Waals surface area contributed by atoms with E-state index in [0.717, 1.165) is 0 Å². The third-order valence-electron chi connectivity index (χ3n) is 5.58. The fourth-order valence-corrected chi connectivity index (χ4v) is 4.14. The number of nitrogens with two attached hydrogens (primary N) is 1. The molecule has 2 aromatic carbocycles. The maximum absolute atomic E-state index is 14.8. The highest BCUT2D eigenvalue weighted by Gasteiger charge is 2.41. The smallest absolute Gasteiger partial charge is 0.237 e. The standard InChI is InChI=1S/C22H21ClF3N5O/c1-22(2)21-29-19(14-9-15(23)17(26)10-16(14)25)20(28-13-5-3-12(24)4-6-13)30(21)7-8-31(22)18(32)11-27/h3-6,9-10,28H,7-8,11,27H2,1-2H3. The summed E-state index contributed by atoms with van der Waals surface area (Å²) in [6.07, 6.45) is 0. The van der Waals surface area contributed by atoms with Crippen molar-refractivity contribution in [2.75, 3.05) is 18.4 Å². The molecule has 32 heavy (non-hydrogen) atoms. The third kappa shape index (κ3) is 3.71. The summed E-state index contributed by atoms with van der Waals surface area (Å²) in [5.41, 5.74) is 5.45. The number of carbonyl (C=O) groups is 1. The number of anilines is 2. The van der Waals surface area contributed by atoms with Gasteiger partial charge in [-0.1, -0.05) is 11.6 Å². The van der Waals surface area contributed by atoms with Crippen LogP contribution in [0.5, 0.6) is 0 Å². The predicted molar refractivity (Wildman–Crippen MR) is 116 cm³/mol. The first-order valence-corrected chi connectivity index (χ1v) is 10.3. The lowest BCUT2D eigenvalue weighted by Crippen LogP contribution is -2.53. The molecule has 1 aliphatic rings. The number of imidazole rings is 1. The number of nitrogens with zero attached hydrogens (tertiary/aromatic N) is 3. The van der Waals surface area contributed by atoms with E-state index < -0.39 is 23.0 Å². The molecular weight excluding hydrogens is 443 g/mol. The molecule has 0 fully saturated rings. The van der Waals surface area contributed by atoms with E-state index in [0.29, 0.717) is 36.5 Å². The Bertz CT molecular complexity index is 1190. The zero-order valence-corrected chi connectivity index (χ0v) is 18.2. The number of hydrogen-bond acceptors (Lipinski definition) is 4. The number of rotatable bonds is 4. The van der Waals surface area contributed by atoms with Crippen LogP contribution < -0.4 is 11.1 Å². The van der Waals surface area contributed by atoms with E-state index in [1.54, 1.807) is 4.90 Å². The predicted octanol–water partition coefficient (Wildman–Crippen LogP) is 4.40. The summed E-state index contributed by atoms with van der Waals surface area (Å²) in [4.78, 5) is 18.7. The third-order valence-corrected chi connectivity index (χ3v) is 5.87. The Morgan fingerprint density at radius 3 is 2.50 bits per heavy atom. The highest BCUT2D eigenvalue weighted by atomic mass is 35.5. The van der Waals surface area contributed by atoms with Gasteiger partial charge in [-0.2, -0.15) is 0 Å². The summed E-state index contributed by atoms with van der Waals surface area (Å²) >= 11 is 5.93. The van der Waals surface area contributed by atoms with Crippen LogP contribution in [0.1, 0.15) is 19.7 Å². The average Bonchev–Trinajstić information content (AvgIpc) is 3.11. The van der Waals surface area contributed by atoms with Gasteiger partial charge in [0.2, 0.25) is 5.91 Å². The molecule has 3 N–H and O–H groups in total. The van der Waals surface area contributed by atoms with Crippen molar-refractivity contribution in [3.8, 4) is 11.3 Å². The fraction of sp³-hybridized carbons (Fsp3) is 0.273. The molecule has 4 rings (SSSR count).